The van der Waals surface area contributed by atoms with Gasteiger partial charge in [0.1, 0.15) is 0 Å². The molecular formula is C17H20Cl2N2Ti-2. The Kier molecular flexibility index (Phi) is 9.66. The molecule has 2 aromatic rings. The molecule has 0 unspecified atom stereocenters. The van der Waals surface area contributed by atoms with Crippen LogP contribution >= 0.6 is 18.6 Å². The molecule has 2 aromatic carbocycles. The molecule has 2 rings (SSSR count). The van der Waals surface area contributed by atoms with Crippen molar-refractivity contribution < 1.29 is 17.0 Å². The maximum absolute atomic E-state index is 4.89. The molecule has 0 heterocycles. The predicted octanol–water partition coefficient (Wildman–Crippen LogP) is 6.80. The molecular weight excluding hydrogens is 351 g/mol. The van der Waals surface area contributed by atoms with Crippen LogP contribution in [0.5, 0.6) is 0 Å². The average molecular weight is 371 g/mol. The molecule has 0 radical (unpaired) electrons. The van der Waals surface area contributed by atoms with Gasteiger partial charge in [0, 0.05) is 0 Å². The number of benzene rings is 2. The van der Waals surface area contributed by atoms with Crippen LogP contribution in [0, 0.1) is 5.41 Å². The summed E-state index contributed by atoms with van der Waals surface area (Å²) in [5.41, 5.74) is 2.15. The molecule has 0 aliphatic carbocycles. The molecule has 0 aliphatic rings. The van der Waals surface area contributed by atoms with Crippen LogP contribution in [0.3, 0.4) is 0 Å². The molecule has 22 heavy (non-hydrogen) atoms. The molecule has 0 aliphatic heterocycles. The van der Waals surface area contributed by atoms with Crippen LogP contribution in [-0.2, 0) is 17.0 Å². The molecule has 0 fully saturated rings. The summed E-state index contributed by atoms with van der Waals surface area (Å²) < 4.78 is 0. The van der Waals surface area contributed by atoms with E-state index in [-0.39, 0.29) is 5.41 Å². The minimum atomic E-state index is -0.556. The number of rotatable bonds is 6. The maximum atomic E-state index is 4.89. The van der Waals surface area contributed by atoms with Gasteiger partial charge in [0.15, 0.2) is 0 Å². The Morgan fingerprint density at radius 1 is 0.773 bits per heavy atom. The van der Waals surface area contributed by atoms with E-state index in [0.29, 0.717) is 0 Å². The van der Waals surface area contributed by atoms with E-state index in [1.165, 1.54) is 0 Å². The molecule has 0 spiro atoms. The van der Waals surface area contributed by atoms with Gasteiger partial charge in [0.25, 0.3) is 0 Å². The molecule has 0 atom stereocenters. The second-order valence-corrected chi connectivity index (χ2v) is 8.12. The minimum absolute atomic E-state index is 0.0751. The topological polar surface area (TPSA) is 28.2 Å². The van der Waals surface area contributed by atoms with Gasteiger partial charge in [0.05, 0.1) is 0 Å². The number of halogens is 2. The van der Waals surface area contributed by atoms with Crippen molar-refractivity contribution >= 4 is 30.0 Å². The molecule has 0 N–H and O–H groups in total. The first-order valence-corrected chi connectivity index (χ1v) is 11.3. The van der Waals surface area contributed by atoms with E-state index in [2.05, 4.69) is 24.5 Å². The van der Waals surface area contributed by atoms with Gasteiger partial charge in [-0.15, -0.1) is 24.5 Å². The monoisotopic (exact) mass is 370 g/mol. The van der Waals surface area contributed by atoms with Gasteiger partial charge < -0.3 is 10.6 Å². The van der Waals surface area contributed by atoms with Crippen molar-refractivity contribution in [2.75, 3.05) is 13.1 Å². The van der Waals surface area contributed by atoms with Gasteiger partial charge in [-0.2, -0.15) is 0 Å². The third-order valence-electron chi connectivity index (χ3n) is 2.89. The summed E-state index contributed by atoms with van der Waals surface area (Å²) in [6.45, 7) is 5.97. The zero-order valence-electron chi connectivity index (χ0n) is 12.8. The number of nitrogens with zero attached hydrogens (tertiary/aromatic N) is 2. The molecule has 0 saturated carbocycles. The van der Waals surface area contributed by atoms with Crippen LogP contribution in [0.15, 0.2) is 60.7 Å². The average Bonchev–Trinajstić information content (AvgIpc) is 2.54. The summed E-state index contributed by atoms with van der Waals surface area (Å²) in [5.74, 6) is 0. The van der Waals surface area contributed by atoms with Gasteiger partial charge >= 0.3 is 35.6 Å². The van der Waals surface area contributed by atoms with E-state index in [0.717, 1.165) is 24.5 Å². The molecule has 0 bridgehead atoms. The van der Waals surface area contributed by atoms with E-state index in [4.69, 9.17) is 18.6 Å². The fourth-order valence-corrected chi connectivity index (χ4v) is 1.73. The van der Waals surface area contributed by atoms with Gasteiger partial charge in [-0.05, 0) is 0 Å². The Balaban J connectivity index is 0.000000745. The van der Waals surface area contributed by atoms with Crippen molar-refractivity contribution in [1.29, 1.82) is 0 Å². The number of hydrogen-bond acceptors (Lipinski definition) is 0. The van der Waals surface area contributed by atoms with E-state index >= 15 is 0 Å². The predicted molar refractivity (Wildman–Crippen MR) is 94.1 cm³/mol. The van der Waals surface area contributed by atoms with Gasteiger partial charge in [-0.25, -0.2) is 0 Å². The van der Waals surface area contributed by atoms with E-state index in [9.17, 15) is 0 Å². The Hall–Kier alpha value is -0.666. The summed E-state index contributed by atoms with van der Waals surface area (Å²) >= 11 is -0.556. The van der Waals surface area contributed by atoms with E-state index in [1.807, 2.05) is 60.7 Å². The fraction of sp³-hybridized carbons (Fsp3) is 0.294. The summed E-state index contributed by atoms with van der Waals surface area (Å²) in [5, 5.41) is 9.26. The van der Waals surface area contributed by atoms with Gasteiger partial charge in [-0.3, -0.25) is 0 Å². The summed E-state index contributed by atoms with van der Waals surface area (Å²) in [4.78, 5) is 0. The van der Waals surface area contributed by atoms with Crippen molar-refractivity contribution in [3.05, 3.63) is 71.3 Å². The SMILES string of the molecule is CC(C)(C[N-]c1ccccc1)C[N-]c1ccccc1.[Cl][Ti][Cl]. The third kappa shape index (κ3) is 8.70. The van der Waals surface area contributed by atoms with E-state index < -0.39 is 17.0 Å². The van der Waals surface area contributed by atoms with Crippen molar-refractivity contribution in [1.82, 2.24) is 0 Å². The Morgan fingerprint density at radius 3 is 1.41 bits per heavy atom. The zero-order chi connectivity index (χ0) is 16.3. The molecule has 0 amide bonds. The van der Waals surface area contributed by atoms with Gasteiger partial charge in [0.2, 0.25) is 0 Å². The second kappa shape index (κ2) is 11.0. The zero-order valence-corrected chi connectivity index (χ0v) is 15.9. The van der Waals surface area contributed by atoms with Crippen LogP contribution in [0.2, 0.25) is 0 Å². The van der Waals surface area contributed by atoms with Crippen LogP contribution in [0.4, 0.5) is 11.4 Å². The number of para-hydroxylation sites is 2. The Labute approximate surface area is 150 Å². The summed E-state index contributed by atoms with van der Waals surface area (Å²) in [7, 11) is 9.78. The quantitative estimate of drug-likeness (QED) is 0.500. The fourth-order valence-electron chi connectivity index (χ4n) is 1.73. The second-order valence-electron chi connectivity index (χ2n) is 5.54. The molecule has 2 nitrogen and oxygen atoms in total. The van der Waals surface area contributed by atoms with E-state index in [1.54, 1.807) is 0 Å². The van der Waals surface area contributed by atoms with Crippen LogP contribution in [0.25, 0.3) is 10.6 Å². The first-order valence-electron chi connectivity index (χ1n) is 6.99. The summed E-state index contributed by atoms with van der Waals surface area (Å²) in [6.07, 6.45) is 0. The molecule has 118 valence electrons. The molecule has 0 aromatic heterocycles. The standard InChI is InChI=1S/C17H20N2.2ClH.Ti/c1-17(2,13-18-15-9-5-3-6-10-15)14-19-16-11-7-4-8-12-16;;;/h3-12H,13-14H2,1-2H3;2*1H;/q-2;;;+2/p-2. The van der Waals surface area contributed by atoms with Crippen LogP contribution < -0.4 is 0 Å². The Morgan fingerprint density at radius 2 is 1.09 bits per heavy atom. The first kappa shape index (κ1) is 19.4. The summed E-state index contributed by atoms with van der Waals surface area (Å²) in [6, 6.07) is 20.2. The van der Waals surface area contributed by atoms with Crippen molar-refractivity contribution in [3.8, 4) is 0 Å². The van der Waals surface area contributed by atoms with Crippen molar-refractivity contribution in [3.63, 3.8) is 0 Å². The molecule has 5 heteroatoms. The van der Waals surface area contributed by atoms with Crippen molar-refractivity contribution in [2.45, 2.75) is 13.8 Å². The molecule has 0 saturated heterocycles. The first-order chi connectivity index (χ1) is 10.6. The van der Waals surface area contributed by atoms with Crippen molar-refractivity contribution in [2.24, 2.45) is 5.41 Å². The Bertz CT molecular complexity index is 461. The third-order valence-corrected chi connectivity index (χ3v) is 2.89. The normalized spacial score (nSPS) is 10.2. The van der Waals surface area contributed by atoms with Crippen LogP contribution in [0.1, 0.15) is 13.8 Å². The van der Waals surface area contributed by atoms with Gasteiger partial charge in [-0.1, -0.05) is 79.9 Å². The van der Waals surface area contributed by atoms with Crippen LogP contribution in [-0.4, -0.2) is 13.1 Å². The number of hydrogen-bond donors (Lipinski definition) is 0.